The Kier molecular flexibility index (Phi) is 10.7. The van der Waals surface area contributed by atoms with E-state index >= 15 is 0 Å². The van der Waals surface area contributed by atoms with Crippen molar-refractivity contribution in [1.29, 1.82) is 0 Å². The van der Waals surface area contributed by atoms with E-state index in [4.69, 9.17) is 11.6 Å². The Morgan fingerprint density at radius 2 is 1.96 bits per heavy atom. The molecule has 8 heteroatoms. The summed E-state index contributed by atoms with van der Waals surface area (Å²) in [7, 11) is 0. The third kappa shape index (κ3) is 8.06. The van der Waals surface area contributed by atoms with Crippen LogP contribution >= 0.6 is 46.9 Å². The number of hydrogen-bond donors (Lipinski definition) is 3. The molecule has 0 unspecified atom stereocenters. The van der Waals surface area contributed by atoms with E-state index in [0.717, 1.165) is 17.8 Å². The molecule has 0 fully saturated rings. The fraction of sp³-hybridized carbons (Fsp3) is 0.368. The van der Waals surface area contributed by atoms with E-state index in [-0.39, 0.29) is 29.9 Å². The number of aliphatic imine (C=N–C) groups is 1. The Morgan fingerprint density at radius 1 is 1.19 bits per heavy atom. The van der Waals surface area contributed by atoms with Crippen LogP contribution in [0.2, 0.25) is 5.02 Å². The molecule has 0 bridgehead atoms. The van der Waals surface area contributed by atoms with Crippen LogP contribution in [-0.2, 0) is 11.3 Å². The molecule has 1 aromatic heterocycles. The van der Waals surface area contributed by atoms with Crippen molar-refractivity contribution in [3.8, 4) is 0 Å². The van der Waals surface area contributed by atoms with Gasteiger partial charge in [0.25, 0.3) is 0 Å². The third-order valence-corrected chi connectivity index (χ3v) is 5.11. The van der Waals surface area contributed by atoms with Crippen LogP contribution < -0.4 is 16.0 Å². The number of guanidine groups is 1. The van der Waals surface area contributed by atoms with Gasteiger partial charge in [-0.2, -0.15) is 0 Å². The molecule has 0 aliphatic heterocycles. The molecule has 0 saturated carbocycles. The summed E-state index contributed by atoms with van der Waals surface area (Å²) in [5.74, 6) is 0.651. The molecule has 1 aromatic carbocycles. The van der Waals surface area contributed by atoms with E-state index < -0.39 is 0 Å². The highest BCUT2D eigenvalue weighted by Gasteiger charge is 2.07. The quantitative estimate of drug-likeness (QED) is 0.281. The molecule has 1 heterocycles. The third-order valence-electron chi connectivity index (χ3n) is 3.72. The van der Waals surface area contributed by atoms with Crippen LogP contribution in [-0.4, -0.2) is 25.0 Å². The van der Waals surface area contributed by atoms with E-state index in [2.05, 4.69) is 40.0 Å². The minimum absolute atomic E-state index is 0. The summed E-state index contributed by atoms with van der Waals surface area (Å²) in [5.41, 5.74) is 1.62. The molecule has 0 spiro atoms. The van der Waals surface area contributed by atoms with Crippen LogP contribution in [0, 0.1) is 13.8 Å². The maximum absolute atomic E-state index is 12.1. The van der Waals surface area contributed by atoms with Gasteiger partial charge < -0.3 is 16.0 Å². The standard InChI is InChI=1S/C19H25ClN4OS.HI/c1-4-21-19(23-12-15-9-8-13(2)26-15)22-11-10-18(25)24-17-7-5-6-16(20)14(17)3;/h5-9H,4,10-12H2,1-3H3,(H,24,25)(H2,21,22,23);1H. The first-order chi connectivity index (χ1) is 12.5. The molecule has 0 atom stereocenters. The summed E-state index contributed by atoms with van der Waals surface area (Å²) in [6.07, 6.45) is 0.342. The molecule has 2 rings (SSSR count). The first-order valence-electron chi connectivity index (χ1n) is 8.62. The van der Waals surface area contributed by atoms with Crippen LogP contribution in [0.25, 0.3) is 0 Å². The molecular formula is C19H26ClIN4OS. The van der Waals surface area contributed by atoms with Gasteiger partial charge in [-0.05, 0) is 50.6 Å². The van der Waals surface area contributed by atoms with Crippen LogP contribution in [0.15, 0.2) is 35.3 Å². The van der Waals surface area contributed by atoms with E-state index in [0.29, 0.717) is 30.5 Å². The first-order valence-corrected chi connectivity index (χ1v) is 9.81. The maximum atomic E-state index is 12.1. The Morgan fingerprint density at radius 3 is 2.63 bits per heavy atom. The van der Waals surface area contributed by atoms with Crippen LogP contribution in [0.4, 0.5) is 5.69 Å². The predicted octanol–water partition coefficient (Wildman–Crippen LogP) is 4.72. The fourth-order valence-electron chi connectivity index (χ4n) is 2.32. The van der Waals surface area contributed by atoms with Crippen LogP contribution in [0.3, 0.4) is 0 Å². The number of amides is 1. The Hall–Kier alpha value is -1.32. The molecule has 27 heavy (non-hydrogen) atoms. The van der Waals surface area contributed by atoms with Gasteiger partial charge in [-0.15, -0.1) is 35.3 Å². The van der Waals surface area contributed by atoms with Gasteiger partial charge in [-0.25, -0.2) is 4.99 Å². The van der Waals surface area contributed by atoms with Crippen molar-refractivity contribution in [3.63, 3.8) is 0 Å². The molecule has 1 amide bonds. The molecule has 0 radical (unpaired) electrons. The van der Waals surface area contributed by atoms with E-state index in [1.165, 1.54) is 9.75 Å². The van der Waals surface area contributed by atoms with Crippen molar-refractivity contribution in [2.24, 2.45) is 4.99 Å². The molecule has 2 aromatic rings. The lowest BCUT2D eigenvalue weighted by molar-refractivity contribution is -0.116. The van der Waals surface area contributed by atoms with E-state index in [1.807, 2.05) is 32.0 Å². The molecule has 3 N–H and O–H groups in total. The highest BCUT2D eigenvalue weighted by molar-refractivity contribution is 14.0. The zero-order valence-corrected chi connectivity index (χ0v) is 19.7. The number of hydrogen-bond acceptors (Lipinski definition) is 3. The van der Waals surface area contributed by atoms with E-state index in [1.54, 1.807) is 11.3 Å². The Labute approximate surface area is 187 Å². The number of carbonyl (C=O) groups is 1. The highest BCUT2D eigenvalue weighted by Crippen LogP contribution is 2.22. The summed E-state index contributed by atoms with van der Waals surface area (Å²) in [6.45, 7) is 7.88. The van der Waals surface area contributed by atoms with Crippen LogP contribution in [0.1, 0.15) is 28.7 Å². The fourth-order valence-corrected chi connectivity index (χ4v) is 3.31. The summed E-state index contributed by atoms with van der Waals surface area (Å²) in [5, 5.41) is 9.93. The lowest BCUT2D eigenvalue weighted by Gasteiger charge is -2.12. The second-order valence-electron chi connectivity index (χ2n) is 5.84. The van der Waals surface area contributed by atoms with Crippen molar-refractivity contribution >= 4 is 64.5 Å². The number of aryl methyl sites for hydroxylation is 1. The largest absolute Gasteiger partial charge is 0.357 e. The molecule has 0 aliphatic rings. The summed E-state index contributed by atoms with van der Waals surface area (Å²) in [6, 6.07) is 9.67. The van der Waals surface area contributed by atoms with Gasteiger partial charge in [0, 0.05) is 40.0 Å². The molecular weight excluding hydrogens is 495 g/mol. The number of benzene rings is 1. The summed E-state index contributed by atoms with van der Waals surface area (Å²) in [4.78, 5) is 19.2. The number of rotatable bonds is 7. The predicted molar refractivity (Wildman–Crippen MR) is 127 cm³/mol. The molecule has 5 nitrogen and oxygen atoms in total. The Balaban J connectivity index is 0.00000364. The molecule has 0 saturated heterocycles. The van der Waals surface area contributed by atoms with Crippen LogP contribution in [0.5, 0.6) is 0 Å². The van der Waals surface area contributed by atoms with Gasteiger partial charge in [0.1, 0.15) is 0 Å². The number of nitrogens with one attached hydrogen (secondary N) is 3. The smallest absolute Gasteiger partial charge is 0.226 e. The van der Waals surface area contributed by atoms with Gasteiger partial charge in [0.15, 0.2) is 5.96 Å². The normalized spacial score (nSPS) is 10.9. The summed E-state index contributed by atoms with van der Waals surface area (Å²) >= 11 is 7.82. The topological polar surface area (TPSA) is 65.5 Å². The van der Waals surface area contributed by atoms with Crippen molar-refractivity contribution in [1.82, 2.24) is 10.6 Å². The highest BCUT2D eigenvalue weighted by atomic mass is 127. The lowest BCUT2D eigenvalue weighted by Crippen LogP contribution is -2.38. The minimum atomic E-state index is -0.0624. The molecule has 0 aliphatic carbocycles. The second-order valence-corrected chi connectivity index (χ2v) is 7.62. The molecule has 148 valence electrons. The van der Waals surface area contributed by atoms with Crippen molar-refractivity contribution in [3.05, 3.63) is 50.7 Å². The lowest BCUT2D eigenvalue weighted by atomic mass is 10.2. The van der Waals surface area contributed by atoms with Crippen molar-refractivity contribution in [2.45, 2.75) is 33.7 Å². The maximum Gasteiger partial charge on any atom is 0.226 e. The van der Waals surface area contributed by atoms with E-state index in [9.17, 15) is 4.79 Å². The van der Waals surface area contributed by atoms with Crippen molar-refractivity contribution < 1.29 is 4.79 Å². The SMILES string of the molecule is CCNC(=NCc1ccc(C)s1)NCCC(=O)Nc1cccc(Cl)c1C.I. The van der Waals surface area contributed by atoms with Gasteiger partial charge in [0.05, 0.1) is 6.54 Å². The number of thiophene rings is 1. The number of halogens is 2. The average Bonchev–Trinajstić information content (AvgIpc) is 3.02. The van der Waals surface area contributed by atoms with Gasteiger partial charge in [-0.1, -0.05) is 17.7 Å². The van der Waals surface area contributed by atoms with Gasteiger partial charge in [0.2, 0.25) is 5.91 Å². The van der Waals surface area contributed by atoms with Crippen molar-refractivity contribution in [2.75, 3.05) is 18.4 Å². The summed E-state index contributed by atoms with van der Waals surface area (Å²) < 4.78 is 0. The number of anilines is 1. The monoisotopic (exact) mass is 520 g/mol. The second kappa shape index (κ2) is 12.2. The number of carbonyl (C=O) groups excluding carboxylic acids is 1. The van der Waals surface area contributed by atoms with Gasteiger partial charge >= 0.3 is 0 Å². The minimum Gasteiger partial charge on any atom is -0.357 e. The number of nitrogens with zero attached hydrogens (tertiary/aromatic N) is 1. The Bertz CT molecular complexity index is 779. The first kappa shape index (κ1) is 23.7. The average molecular weight is 521 g/mol. The zero-order valence-electron chi connectivity index (χ0n) is 15.8. The van der Waals surface area contributed by atoms with Gasteiger partial charge in [-0.3, -0.25) is 4.79 Å². The zero-order chi connectivity index (χ0) is 18.9.